The molecule has 4 heteroatoms. The molecule has 16 heavy (non-hydrogen) atoms. The number of likely N-dealkylation sites (N-methyl/N-ethyl adjacent to an activating group) is 1. The highest BCUT2D eigenvalue weighted by Crippen LogP contribution is 2.16. The number of hydrogen-bond acceptors (Lipinski definition) is 4. The summed E-state index contributed by atoms with van der Waals surface area (Å²) in [5, 5.41) is 12.8. The van der Waals surface area contributed by atoms with E-state index >= 15 is 0 Å². The van der Waals surface area contributed by atoms with E-state index in [-0.39, 0.29) is 18.4 Å². The highest BCUT2D eigenvalue weighted by Gasteiger charge is 2.28. The Bertz CT molecular complexity index is 211. The van der Waals surface area contributed by atoms with Crippen molar-refractivity contribution in [2.24, 2.45) is 5.41 Å². The molecule has 2 unspecified atom stereocenters. The summed E-state index contributed by atoms with van der Waals surface area (Å²) in [5.41, 5.74) is -0.518. The molecule has 0 amide bonds. The van der Waals surface area contributed by atoms with Crippen molar-refractivity contribution in [3.05, 3.63) is 0 Å². The molecule has 0 aromatic heterocycles. The molecule has 0 aromatic carbocycles. The largest absolute Gasteiger partial charge is 0.383 e. The third-order valence-electron chi connectivity index (χ3n) is 2.24. The van der Waals surface area contributed by atoms with Crippen molar-refractivity contribution in [2.45, 2.75) is 46.8 Å². The van der Waals surface area contributed by atoms with E-state index in [0.29, 0.717) is 6.61 Å². The van der Waals surface area contributed by atoms with Gasteiger partial charge in [0, 0.05) is 11.5 Å². The van der Waals surface area contributed by atoms with Crippen LogP contribution in [0, 0.1) is 5.41 Å². The first-order valence-corrected chi connectivity index (χ1v) is 5.82. The lowest BCUT2D eigenvalue weighted by molar-refractivity contribution is -0.138. The van der Waals surface area contributed by atoms with E-state index in [1.54, 1.807) is 20.8 Å². The van der Waals surface area contributed by atoms with E-state index < -0.39 is 11.5 Å². The summed E-state index contributed by atoms with van der Waals surface area (Å²) in [6.07, 6.45) is -1.02. The lowest BCUT2D eigenvalue weighted by atomic mass is 9.88. The number of nitrogens with one attached hydrogen (secondary N) is 1. The Hall–Kier alpha value is -0.450. The summed E-state index contributed by atoms with van der Waals surface area (Å²) in [6.45, 7) is 10.9. The molecule has 0 fully saturated rings. The predicted octanol–water partition coefficient (Wildman–Crippen LogP) is 0.977. The van der Waals surface area contributed by atoms with Gasteiger partial charge >= 0.3 is 0 Å². The van der Waals surface area contributed by atoms with Crippen LogP contribution in [0.25, 0.3) is 0 Å². The fraction of sp³-hybridized carbons (Fsp3) is 0.917. The number of Topliss-reactive ketones (excluding diaryl/α,β-unsaturated/α-hetero) is 1. The SMILES string of the molecule is CCNC(C)COCC(O)C(=O)C(C)(C)C. The Kier molecular flexibility index (Phi) is 6.79. The van der Waals surface area contributed by atoms with Crippen molar-refractivity contribution in [1.29, 1.82) is 0 Å². The molecule has 0 rings (SSSR count). The van der Waals surface area contributed by atoms with Gasteiger partial charge < -0.3 is 15.2 Å². The van der Waals surface area contributed by atoms with Gasteiger partial charge in [-0.25, -0.2) is 0 Å². The van der Waals surface area contributed by atoms with Crippen LogP contribution < -0.4 is 5.32 Å². The van der Waals surface area contributed by atoms with Gasteiger partial charge in [0.1, 0.15) is 6.10 Å². The van der Waals surface area contributed by atoms with Gasteiger partial charge in [0.15, 0.2) is 5.78 Å². The summed E-state index contributed by atoms with van der Waals surface area (Å²) in [7, 11) is 0. The normalized spacial score (nSPS) is 15.9. The zero-order valence-electron chi connectivity index (χ0n) is 11.0. The molecule has 0 aliphatic heterocycles. The van der Waals surface area contributed by atoms with Crippen LogP contribution in [-0.2, 0) is 9.53 Å². The minimum atomic E-state index is -1.02. The number of aliphatic hydroxyl groups is 1. The second-order valence-electron chi connectivity index (χ2n) is 5.13. The van der Waals surface area contributed by atoms with E-state index in [2.05, 4.69) is 5.32 Å². The van der Waals surface area contributed by atoms with Crippen LogP contribution in [0.5, 0.6) is 0 Å². The lowest BCUT2D eigenvalue weighted by Crippen LogP contribution is -2.37. The first kappa shape index (κ1) is 15.6. The van der Waals surface area contributed by atoms with Gasteiger partial charge in [-0.1, -0.05) is 27.7 Å². The van der Waals surface area contributed by atoms with Crippen LogP contribution in [-0.4, -0.2) is 42.8 Å². The standard InChI is InChI=1S/C12H25NO3/c1-6-13-9(2)7-16-8-10(14)11(15)12(3,4)5/h9-10,13-14H,6-8H2,1-5H3. The number of ether oxygens (including phenoxy) is 1. The number of carbonyl (C=O) groups is 1. The summed E-state index contributed by atoms with van der Waals surface area (Å²) in [6, 6.07) is 0.238. The first-order valence-electron chi connectivity index (χ1n) is 5.82. The van der Waals surface area contributed by atoms with E-state index in [1.165, 1.54) is 0 Å². The zero-order chi connectivity index (χ0) is 12.8. The Morgan fingerprint density at radius 1 is 1.38 bits per heavy atom. The monoisotopic (exact) mass is 231 g/mol. The molecule has 2 atom stereocenters. The van der Waals surface area contributed by atoms with Crippen molar-refractivity contribution >= 4 is 5.78 Å². The highest BCUT2D eigenvalue weighted by atomic mass is 16.5. The van der Waals surface area contributed by atoms with Crippen molar-refractivity contribution in [2.75, 3.05) is 19.8 Å². The van der Waals surface area contributed by atoms with Crippen molar-refractivity contribution in [3.8, 4) is 0 Å². The molecule has 0 aromatic rings. The smallest absolute Gasteiger partial charge is 0.168 e. The minimum absolute atomic E-state index is 0.0752. The molecule has 0 saturated heterocycles. The number of hydrogen-bond donors (Lipinski definition) is 2. The maximum Gasteiger partial charge on any atom is 0.168 e. The van der Waals surface area contributed by atoms with Crippen LogP contribution in [0.3, 0.4) is 0 Å². The molecule has 0 bridgehead atoms. The average Bonchev–Trinajstić information content (AvgIpc) is 2.15. The Morgan fingerprint density at radius 2 is 1.94 bits per heavy atom. The molecule has 4 nitrogen and oxygen atoms in total. The van der Waals surface area contributed by atoms with E-state index in [4.69, 9.17) is 4.74 Å². The minimum Gasteiger partial charge on any atom is -0.383 e. The van der Waals surface area contributed by atoms with E-state index in [1.807, 2.05) is 13.8 Å². The average molecular weight is 231 g/mol. The number of ketones is 1. The Morgan fingerprint density at radius 3 is 2.38 bits per heavy atom. The first-order chi connectivity index (χ1) is 7.29. The second-order valence-corrected chi connectivity index (χ2v) is 5.13. The van der Waals surface area contributed by atoms with Gasteiger partial charge in [0.05, 0.1) is 13.2 Å². The van der Waals surface area contributed by atoms with Gasteiger partial charge in [-0.3, -0.25) is 4.79 Å². The van der Waals surface area contributed by atoms with Crippen LogP contribution in [0.4, 0.5) is 0 Å². The second kappa shape index (κ2) is 6.99. The topological polar surface area (TPSA) is 58.6 Å². The van der Waals surface area contributed by atoms with Crippen LogP contribution in [0.2, 0.25) is 0 Å². The fourth-order valence-electron chi connectivity index (χ4n) is 1.34. The Balaban J connectivity index is 3.82. The van der Waals surface area contributed by atoms with Gasteiger partial charge in [-0.15, -0.1) is 0 Å². The molecule has 0 radical (unpaired) electrons. The van der Waals surface area contributed by atoms with Gasteiger partial charge in [0.2, 0.25) is 0 Å². The number of aliphatic hydroxyl groups excluding tert-OH is 1. The third-order valence-corrected chi connectivity index (χ3v) is 2.24. The van der Waals surface area contributed by atoms with E-state index in [9.17, 15) is 9.90 Å². The number of carbonyl (C=O) groups excluding carboxylic acids is 1. The van der Waals surface area contributed by atoms with Crippen molar-refractivity contribution in [3.63, 3.8) is 0 Å². The molecular weight excluding hydrogens is 206 g/mol. The molecule has 96 valence electrons. The number of rotatable bonds is 7. The van der Waals surface area contributed by atoms with Gasteiger partial charge in [-0.2, -0.15) is 0 Å². The summed E-state index contributed by atoms with van der Waals surface area (Å²) in [5.74, 6) is -0.177. The predicted molar refractivity (Wildman–Crippen MR) is 64.4 cm³/mol. The van der Waals surface area contributed by atoms with Crippen molar-refractivity contribution < 1.29 is 14.6 Å². The summed E-state index contributed by atoms with van der Waals surface area (Å²) in [4.78, 5) is 11.6. The van der Waals surface area contributed by atoms with Crippen molar-refractivity contribution in [1.82, 2.24) is 5.32 Å². The molecule has 0 spiro atoms. The summed E-state index contributed by atoms with van der Waals surface area (Å²) < 4.78 is 5.29. The van der Waals surface area contributed by atoms with E-state index in [0.717, 1.165) is 6.54 Å². The molecule has 0 aliphatic rings. The van der Waals surface area contributed by atoms with Crippen LogP contribution in [0.15, 0.2) is 0 Å². The van der Waals surface area contributed by atoms with Gasteiger partial charge in [-0.05, 0) is 13.5 Å². The third kappa shape index (κ3) is 6.20. The molecule has 0 saturated carbocycles. The van der Waals surface area contributed by atoms with Gasteiger partial charge in [0.25, 0.3) is 0 Å². The summed E-state index contributed by atoms with van der Waals surface area (Å²) >= 11 is 0. The lowest BCUT2D eigenvalue weighted by Gasteiger charge is -2.21. The quantitative estimate of drug-likeness (QED) is 0.685. The fourth-order valence-corrected chi connectivity index (χ4v) is 1.34. The van der Waals surface area contributed by atoms with Crippen LogP contribution >= 0.6 is 0 Å². The molecule has 2 N–H and O–H groups in total. The maximum atomic E-state index is 11.6. The molecule has 0 aliphatic carbocycles. The zero-order valence-corrected chi connectivity index (χ0v) is 11.0. The van der Waals surface area contributed by atoms with Crippen LogP contribution in [0.1, 0.15) is 34.6 Å². The molecule has 0 heterocycles. The highest BCUT2D eigenvalue weighted by molar-refractivity contribution is 5.87. The maximum absolute atomic E-state index is 11.6. The Labute approximate surface area is 98.4 Å². The molecular formula is C12H25NO3.